The van der Waals surface area contributed by atoms with Gasteiger partial charge in [-0.2, -0.15) is 0 Å². The summed E-state index contributed by atoms with van der Waals surface area (Å²) in [5, 5.41) is 5.30. The first-order valence-electron chi connectivity index (χ1n) is 7.95. The fourth-order valence-corrected chi connectivity index (χ4v) is 4.51. The summed E-state index contributed by atoms with van der Waals surface area (Å²) in [7, 11) is 0. The zero-order chi connectivity index (χ0) is 14.2. The Kier molecular flexibility index (Phi) is 7.26. The average Bonchev–Trinajstić information content (AvgIpc) is 2.41. The molecule has 0 aliphatic heterocycles. The Bertz CT molecular complexity index is 394. The second-order valence-electron chi connectivity index (χ2n) is 5.67. The molecule has 0 aromatic heterocycles. The number of hydrogen-bond acceptors (Lipinski definition) is 2. The fraction of sp³-hybridized carbons (Fsp3) is 0.647. The molecule has 1 N–H and O–H groups in total. The van der Waals surface area contributed by atoms with Crippen molar-refractivity contribution in [2.45, 2.75) is 68.1 Å². The van der Waals surface area contributed by atoms with Gasteiger partial charge in [-0.1, -0.05) is 50.3 Å². The Morgan fingerprint density at radius 1 is 1.20 bits per heavy atom. The van der Waals surface area contributed by atoms with Gasteiger partial charge in [0.1, 0.15) is 0 Å². The van der Waals surface area contributed by atoms with E-state index in [-0.39, 0.29) is 0 Å². The van der Waals surface area contributed by atoms with Gasteiger partial charge in [0.15, 0.2) is 0 Å². The normalized spacial score (nSPS) is 24.1. The predicted octanol–water partition coefficient (Wildman–Crippen LogP) is 5.52. The van der Waals surface area contributed by atoms with E-state index in [1.165, 1.54) is 49.8 Å². The molecule has 112 valence electrons. The summed E-state index contributed by atoms with van der Waals surface area (Å²) in [5.74, 6) is 0. The van der Waals surface area contributed by atoms with Crippen molar-refractivity contribution in [2.24, 2.45) is 0 Å². The number of hydrogen-bond donors (Lipinski definition) is 1. The van der Waals surface area contributed by atoms with Crippen LogP contribution in [0, 0.1) is 0 Å². The molecule has 2 atom stereocenters. The predicted molar refractivity (Wildman–Crippen MR) is 90.9 cm³/mol. The van der Waals surface area contributed by atoms with Crippen LogP contribution in [-0.2, 0) is 0 Å². The topological polar surface area (TPSA) is 12.0 Å². The first-order valence-corrected chi connectivity index (χ1v) is 9.21. The van der Waals surface area contributed by atoms with E-state index >= 15 is 0 Å². The van der Waals surface area contributed by atoms with Crippen LogP contribution in [0.25, 0.3) is 0 Å². The van der Waals surface area contributed by atoms with Crippen LogP contribution in [0.1, 0.15) is 51.9 Å². The summed E-state index contributed by atoms with van der Waals surface area (Å²) < 4.78 is 0. The minimum Gasteiger partial charge on any atom is -0.313 e. The lowest BCUT2D eigenvalue weighted by molar-refractivity contribution is 0.400. The third-order valence-corrected chi connectivity index (χ3v) is 5.57. The van der Waals surface area contributed by atoms with Crippen LogP contribution in [-0.4, -0.2) is 17.8 Å². The second-order valence-corrected chi connectivity index (χ2v) is 7.41. The number of rotatable bonds is 5. The first-order chi connectivity index (χ1) is 9.79. The van der Waals surface area contributed by atoms with E-state index in [9.17, 15) is 0 Å². The van der Waals surface area contributed by atoms with E-state index in [0.29, 0.717) is 11.3 Å². The van der Waals surface area contributed by atoms with Gasteiger partial charge in [-0.25, -0.2) is 0 Å². The molecule has 20 heavy (non-hydrogen) atoms. The minimum atomic E-state index is 0.652. The van der Waals surface area contributed by atoms with Crippen molar-refractivity contribution in [1.82, 2.24) is 5.32 Å². The molecule has 0 spiro atoms. The molecule has 1 fully saturated rings. The summed E-state index contributed by atoms with van der Waals surface area (Å²) >= 11 is 8.12. The van der Waals surface area contributed by atoms with Crippen LogP contribution < -0.4 is 5.32 Å². The van der Waals surface area contributed by atoms with Gasteiger partial charge >= 0.3 is 0 Å². The van der Waals surface area contributed by atoms with Gasteiger partial charge in [0.05, 0.1) is 0 Å². The van der Waals surface area contributed by atoms with Crippen LogP contribution in [0.4, 0.5) is 0 Å². The summed E-state index contributed by atoms with van der Waals surface area (Å²) in [6.07, 6.45) is 9.38. The molecule has 2 unspecified atom stereocenters. The number of halogens is 1. The lowest BCUT2D eigenvalue weighted by Gasteiger charge is -2.30. The molecule has 0 heterocycles. The molecular weight excluding hydrogens is 286 g/mol. The van der Waals surface area contributed by atoms with Gasteiger partial charge < -0.3 is 5.32 Å². The Morgan fingerprint density at radius 2 is 2.00 bits per heavy atom. The van der Waals surface area contributed by atoms with Gasteiger partial charge in [-0.15, -0.1) is 11.8 Å². The molecule has 2 rings (SSSR count). The zero-order valence-corrected chi connectivity index (χ0v) is 14.0. The molecule has 1 aliphatic carbocycles. The van der Waals surface area contributed by atoms with Crippen LogP contribution in [0.2, 0.25) is 5.02 Å². The Hall–Kier alpha value is -0.180. The molecule has 1 aromatic rings. The van der Waals surface area contributed by atoms with E-state index in [2.05, 4.69) is 30.4 Å². The van der Waals surface area contributed by atoms with Crippen molar-refractivity contribution in [3.05, 3.63) is 29.3 Å². The van der Waals surface area contributed by atoms with E-state index < -0.39 is 0 Å². The molecule has 1 aromatic carbocycles. The van der Waals surface area contributed by atoms with E-state index in [0.717, 1.165) is 11.6 Å². The quantitative estimate of drug-likeness (QED) is 0.768. The molecule has 0 amide bonds. The Labute approximate surface area is 132 Å². The maximum absolute atomic E-state index is 6.11. The van der Waals surface area contributed by atoms with E-state index in [4.69, 9.17) is 11.6 Å². The largest absolute Gasteiger partial charge is 0.313 e. The lowest BCUT2D eigenvalue weighted by Crippen LogP contribution is -2.39. The van der Waals surface area contributed by atoms with E-state index in [1.807, 2.05) is 17.8 Å². The van der Waals surface area contributed by atoms with Crippen molar-refractivity contribution in [3.8, 4) is 0 Å². The molecule has 1 saturated carbocycles. The molecule has 1 aliphatic rings. The second kappa shape index (κ2) is 8.96. The van der Waals surface area contributed by atoms with Crippen LogP contribution >= 0.6 is 23.4 Å². The molecule has 0 saturated heterocycles. The number of thioether (sulfide) groups is 1. The van der Waals surface area contributed by atoms with Crippen molar-refractivity contribution >= 4 is 23.4 Å². The monoisotopic (exact) mass is 311 g/mol. The fourth-order valence-electron chi connectivity index (χ4n) is 2.87. The van der Waals surface area contributed by atoms with E-state index in [1.54, 1.807) is 0 Å². The molecule has 0 radical (unpaired) electrons. The third kappa shape index (κ3) is 5.31. The highest BCUT2D eigenvalue weighted by atomic mass is 35.5. The summed E-state index contributed by atoms with van der Waals surface area (Å²) in [4.78, 5) is 1.31. The highest BCUT2D eigenvalue weighted by molar-refractivity contribution is 8.00. The van der Waals surface area contributed by atoms with Crippen LogP contribution in [0.5, 0.6) is 0 Å². The van der Waals surface area contributed by atoms with Crippen molar-refractivity contribution < 1.29 is 0 Å². The Morgan fingerprint density at radius 3 is 2.75 bits per heavy atom. The average molecular weight is 312 g/mol. The SMILES string of the molecule is CCCNC1CCCCCCC1Sc1cccc(Cl)c1. The summed E-state index contributed by atoms with van der Waals surface area (Å²) in [6.45, 7) is 3.38. The molecule has 1 nitrogen and oxygen atoms in total. The standard InChI is InChI=1S/C17H26ClNS/c1-2-12-19-16-10-5-3-4-6-11-17(16)20-15-9-7-8-14(18)13-15/h7-9,13,16-17,19H,2-6,10-12H2,1H3. The smallest absolute Gasteiger partial charge is 0.0417 e. The first kappa shape index (κ1) is 16.2. The summed E-state index contributed by atoms with van der Waals surface area (Å²) in [6, 6.07) is 8.95. The highest BCUT2D eigenvalue weighted by Gasteiger charge is 2.23. The van der Waals surface area contributed by atoms with Crippen molar-refractivity contribution in [2.75, 3.05) is 6.54 Å². The van der Waals surface area contributed by atoms with Gasteiger partial charge in [0.25, 0.3) is 0 Å². The number of nitrogens with one attached hydrogen (secondary N) is 1. The van der Waals surface area contributed by atoms with Gasteiger partial charge in [0, 0.05) is 21.2 Å². The molecular formula is C17H26ClNS. The molecule has 0 bridgehead atoms. The third-order valence-electron chi connectivity index (χ3n) is 3.94. The lowest BCUT2D eigenvalue weighted by atomic mass is 9.96. The number of benzene rings is 1. The maximum Gasteiger partial charge on any atom is 0.0417 e. The molecule has 3 heteroatoms. The van der Waals surface area contributed by atoms with Crippen molar-refractivity contribution in [3.63, 3.8) is 0 Å². The van der Waals surface area contributed by atoms with Crippen LogP contribution in [0.15, 0.2) is 29.2 Å². The van der Waals surface area contributed by atoms with Gasteiger partial charge in [-0.3, -0.25) is 0 Å². The minimum absolute atomic E-state index is 0.652. The maximum atomic E-state index is 6.11. The highest BCUT2D eigenvalue weighted by Crippen LogP contribution is 2.33. The van der Waals surface area contributed by atoms with Gasteiger partial charge in [0.2, 0.25) is 0 Å². The van der Waals surface area contributed by atoms with Crippen LogP contribution in [0.3, 0.4) is 0 Å². The summed E-state index contributed by atoms with van der Waals surface area (Å²) in [5.41, 5.74) is 0. The van der Waals surface area contributed by atoms with Gasteiger partial charge in [-0.05, 0) is 44.0 Å². The van der Waals surface area contributed by atoms with Crippen molar-refractivity contribution in [1.29, 1.82) is 0 Å². The Balaban J connectivity index is 2.01. The zero-order valence-electron chi connectivity index (χ0n) is 12.4.